The molecule has 0 aromatic heterocycles. The average molecular weight is 289 g/mol. The van der Waals surface area contributed by atoms with Crippen LogP contribution in [0, 0.1) is 0 Å². The molecule has 0 aliphatic carbocycles. The number of carboxylic acid groups (broad SMARTS) is 1. The first-order valence-electron chi connectivity index (χ1n) is 5.87. The third-order valence-corrected chi connectivity index (χ3v) is 2.63. The van der Waals surface area contributed by atoms with Crippen LogP contribution < -0.4 is 4.74 Å². The van der Waals surface area contributed by atoms with E-state index in [-0.39, 0.29) is 10.6 Å². The zero-order chi connectivity index (χ0) is 14.1. The van der Waals surface area contributed by atoms with Crippen LogP contribution in [-0.2, 0) is 9.47 Å². The Balaban J connectivity index is 2.30. The highest BCUT2D eigenvalue weighted by atomic mass is 35.5. The fourth-order valence-electron chi connectivity index (χ4n) is 1.35. The van der Waals surface area contributed by atoms with E-state index in [1.165, 1.54) is 12.1 Å². The van der Waals surface area contributed by atoms with E-state index in [4.69, 9.17) is 30.9 Å². The van der Waals surface area contributed by atoms with Gasteiger partial charge in [0, 0.05) is 20.1 Å². The summed E-state index contributed by atoms with van der Waals surface area (Å²) in [6.45, 7) is 2.15. The van der Waals surface area contributed by atoms with E-state index >= 15 is 0 Å². The smallest absolute Gasteiger partial charge is 0.337 e. The maximum atomic E-state index is 10.9. The Morgan fingerprint density at radius 2 is 2.05 bits per heavy atom. The van der Waals surface area contributed by atoms with Crippen LogP contribution in [0.1, 0.15) is 16.8 Å². The highest BCUT2D eigenvalue weighted by molar-refractivity contribution is 6.33. The topological polar surface area (TPSA) is 65.0 Å². The predicted octanol–water partition coefficient (Wildman–Crippen LogP) is 2.47. The maximum absolute atomic E-state index is 10.9. The van der Waals surface area contributed by atoms with Crippen LogP contribution in [0.2, 0.25) is 5.02 Å². The quantitative estimate of drug-likeness (QED) is 0.707. The van der Waals surface area contributed by atoms with E-state index in [1.54, 1.807) is 13.2 Å². The van der Waals surface area contributed by atoms with Gasteiger partial charge in [-0.1, -0.05) is 11.6 Å². The largest absolute Gasteiger partial charge is 0.493 e. The molecule has 1 rings (SSSR count). The summed E-state index contributed by atoms with van der Waals surface area (Å²) >= 11 is 5.76. The number of hydrogen-bond donors (Lipinski definition) is 1. The summed E-state index contributed by atoms with van der Waals surface area (Å²) in [5.74, 6) is -0.586. The molecular weight excluding hydrogens is 272 g/mol. The number of hydrogen-bond acceptors (Lipinski definition) is 4. The normalized spacial score (nSPS) is 10.4. The Morgan fingerprint density at radius 1 is 1.26 bits per heavy atom. The predicted molar refractivity (Wildman–Crippen MR) is 71.2 cm³/mol. The van der Waals surface area contributed by atoms with Crippen molar-refractivity contribution in [3.63, 3.8) is 0 Å². The van der Waals surface area contributed by atoms with Crippen LogP contribution >= 0.6 is 11.6 Å². The molecule has 1 aromatic carbocycles. The molecule has 0 bridgehead atoms. The van der Waals surface area contributed by atoms with Gasteiger partial charge in [-0.2, -0.15) is 0 Å². The molecule has 6 heteroatoms. The van der Waals surface area contributed by atoms with Crippen molar-refractivity contribution in [2.75, 3.05) is 33.5 Å². The van der Waals surface area contributed by atoms with Crippen molar-refractivity contribution in [1.29, 1.82) is 0 Å². The summed E-state index contributed by atoms with van der Waals surface area (Å²) in [4.78, 5) is 10.9. The van der Waals surface area contributed by atoms with Gasteiger partial charge in [-0.3, -0.25) is 0 Å². The first kappa shape index (κ1) is 15.8. The van der Waals surface area contributed by atoms with Gasteiger partial charge in [0.2, 0.25) is 0 Å². The lowest BCUT2D eigenvalue weighted by Crippen LogP contribution is -2.07. The van der Waals surface area contributed by atoms with Crippen molar-refractivity contribution < 1.29 is 24.1 Å². The van der Waals surface area contributed by atoms with Crippen molar-refractivity contribution in [2.24, 2.45) is 0 Å². The van der Waals surface area contributed by atoms with Crippen molar-refractivity contribution in [3.05, 3.63) is 28.8 Å². The molecule has 0 unspecified atom stereocenters. The van der Waals surface area contributed by atoms with Crippen LogP contribution in [0.3, 0.4) is 0 Å². The van der Waals surface area contributed by atoms with Gasteiger partial charge < -0.3 is 19.3 Å². The minimum absolute atomic E-state index is 0.0375. The minimum Gasteiger partial charge on any atom is -0.493 e. The Bertz CT molecular complexity index is 408. The average Bonchev–Trinajstić information content (AvgIpc) is 2.39. The summed E-state index contributed by atoms with van der Waals surface area (Å²) in [6, 6.07) is 4.56. The molecule has 0 radical (unpaired) electrons. The number of aromatic carboxylic acids is 1. The van der Waals surface area contributed by atoms with Crippen LogP contribution in [0.25, 0.3) is 0 Å². The first-order chi connectivity index (χ1) is 9.15. The molecule has 0 fully saturated rings. The molecule has 5 nitrogen and oxygen atoms in total. The van der Waals surface area contributed by atoms with Gasteiger partial charge in [-0.05, 0) is 18.2 Å². The summed E-state index contributed by atoms with van der Waals surface area (Å²) in [5, 5.41) is 9.11. The van der Waals surface area contributed by atoms with Crippen LogP contribution in [0.15, 0.2) is 18.2 Å². The zero-order valence-electron chi connectivity index (χ0n) is 10.7. The molecule has 0 saturated carbocycles. The second kappa shape index (κ2) is 8.74. The third-order valence-electron chi connectivity index (χ3n) is 2.30. The van der Waals surface area contributed by atoms with Crippen molar-refractivity contribution in [2.45, 2.75) is 6.42 Å². The molecule has 0 saturated heterocycles. The number of carboxylic acids is 1. The molecular formula is C13H17ClO5. The van der Waals surface area contributed by atoms with E-state index < -0.39 is 5.97 Å². The molecule has 0 amide bonds. The highest BCUT2D eigenvalue weighted by Gasteiger charge is 2.09. The van der Waals surface area contributed by atoms with E-state index in [1.807, 2.05) is 0 Å². The van der Waals surface area contributed by atoms with Crippen molar-refractivity contribution in [1.82, 2.24) is 0 Å². The van der Waals surface area contributed by atoms with E-state index in [2.05, 4.69) is 0 Å². The molecule has 1 aromatic rings. The molecule has 0 atom stereocenters. The lowest BCUT2D eigenvalue weighted by molar-refractivity contribution is 0.0643. The fourth-order valence-corrected chi connectivity index (χ4v) is 1.55. The number of ether oxygens (including phenoxy) is 3. The molecule has 1 N–H and O–H groups in total. The van der Waals surface area contributed by atoms with Crippen LogP contribution in [0.5, 0.6) is 5.75 Å². The lowest BCUT2D eigenvalue weighted by Gasteiger charge is -2.08. The Labute approximate surface area is 117 Å². The number of methoxy groups -OCH3 is 1. The first-order valence-corrected chi connectivity index (χ1v) is 6.25. The fraction of sp³-hybridized carbons (Fsp3) is 0.462. The van der Waals surface area contributed by atoms with Crippen LogP contribution in [-0.4, -0.2) is 44.6 Å². The monoisotopic (exact) mass is 288 g/mol. The van der Waals surface area contributed by atoms with E-state index in [9.17, 15) is 4.79 Å². The Hall–Kier alpha value is -1.30. The summed E-state index contributed by atoms with van der Waals surface area (Å²) < 4.78 is 15.5. The van der Waals surface area contributed by atoms with Gasteiger partial charge in [-0.25, -0.2) is 4.79 Å². The highest BCUT2D eigenvalue weighted by Crippen LogP contribution is 2.22. The Morgan fingerprint density at radius 3 is 2.74 bits per heavy atom. The second-order valence-electron chi connectivity index (χ2n) is 3.75. The SMILES string of the molecule is COCCOCCCOc1ccc(Cl)c(C(=O)O)c1. The van der Waals surface area contributed by atoms with Gasteiger partial charge in [0.25, 0.3) is 0 Å². The van der Waals surface area contributed by atoms with Gasteiger partial charge in [0.1, 0.15) is 5.75 Å². The molecule has 0 aliphatic heterocycles. The lowest BCUT2D eigenvalue weighted by atomic mass is 10.2. The number of rotatable bonds is 9. The second-order valence-corrected chi connectivity index (χ2v) is 4.16. The third kappa shape index (κ3) is 5.92. The van der Waals surface area contributed by atoms with Gasteiger partial charge in [-0.15, -0.1) is 0 Å². The van der Waals surface area contributed by atoms with Crippen LogP contribution in [0.4, 0.5) is 0 Å². The Kier molecular flexibility index (Phi) is 7.25. The van der Waals surface area contributed by atoms with Gasteiger partial charge in [0.15, 0.2) is 0 Å². The zero-order valence-corrected chi connectivity index (χ0v) is 11.5. The molecule has 0 aliphatic rings. The van der Waals surface area contributed by atoms with Crippen molar-refractivity contribution in [3.8, 4) is 5.75 Å². The maximum Gasteiger partial charge on any atom is 0.337 e. The standard InChI is InChI=1S/C13H17ClO5/c1-17-7-8-18-5-2-6-19-10-3-4-12(14)11(9-10)13(15)16/h3-4,9H,2,5-8H2,1H3,(H,15,16). The van der Waals surface area contributed by atoms with Gasteiger partial charge in [0.05, 0.1) is 30.4 Å². The van der Waals surface area contributed by atoms with E-state index in [0.717, 1.165) is 6.42 Å². The summed E-state index contributed by atoms with van der Waals surface area (Å²) in [5.41, 5.74) is 0.0375. The minimum atomic E-state index is -1.07. The number of halogens is 1. The van der Waals surface area contributed by atoms with Gasteiger partial charge >= 0.3 is 5.97 Å². The molecule has 19 heavy (non-hydrogen) atoms. The van der Waals surface area contributed by atoms with E-state index in [0.29, 0.717) is 32.2 Å². The summed E-state index contributed by atoms with van der Waals surface area (Å²) in [7, 11) is 1.62. The molecule has 0 heterocycles. The van der Waals surface area contributed by atoms with Crippen molar-refractivity contribution >= 4 is 17.6 Å². The molecule has 0 spiro atoms. The number of carbonyl (C=O) groups is 1. The molecule has 106 valence electrons. The number of benzene rings is 1. The summed E-state index contributed by atoms with van der Waals surface area (Å²) in [6.07, 6.45) is 0.717.